The Balaban J connectivity index is 0.00000225. The number of carbonyl (C=O) groups is 1. The number of nitrogens with one attached hydrogen (secondary N) is 1. The zero-order valence-electron chi connectivity index (χ0n) is 16.7. The van der Waals surface area contributed by atoms with Gasteiger partial charge in [0.15, 0.2) is 0 Å². The minimum atomic E-state index is -0.902. The first kappa shape index (κ1) is 20.7. The number of aliphatic hydroxyl groups is 1. The van der Waals surface area contributed by atoms with Crippen molar-refractivity contribution in [2.75, 3.05) is 6.61 Å². The third kappa shape index (κ3) is 3.64. The molecule has 2 aromatic rings. The van der Waals surface area contributed by atoms with Crippen LogP contribution in [-0.2, 0) is 6.42 Å². The number of hydrogen-bond acceptors (Lipinski definition) is 2. The maximum atomic E-state index is 12.4. The molecule has 4 unspecified atom stereocenters. The molecule has 28 heavy (non-hydrogen) atoms. The quantitative estimate of drug-likeness (QED) is 0.697. The molecule has 4 rings (SSSR count). The highest BCUT2D eigenvalue weighted by Gasteiger charge is 2.45. The van der Waals surface area contributed by atoms with Gasteiger partial charge in [-0.3, -0.25) is 4.90 Å². The van der Waals surface area contributed by atoms with Crippen molar-refractivity contribution in [3.63, 3.8) is 0 Å². The Morgan fingerprint density at radius 1 is 1.25 bits per heavy atom. The van der Waals surface area contributed by atoms with Crippen LogP contribution in [0.4, 0.5) is 4.79 Å². The van der Waals surface area contributed by atoms with Crippen molar-refractivity contribution in [3.05, 3.63) is 43.5 Å². The molecule has 4 atom stereocenters. The van der Waals surface area contributed by atoms with Gasteiger partial charge in [0.2, 0.25) is 0 Å². The minimum Gasteiger partial charge on any atom is -0.465 e. The van der Waals surface area contributed by atoms with Gasteiger partial charge in [0.05, 0.1) is 12.1 Å². The van der Waals surface area contributed by atoms with Crippen molar-refractivity contribution in [3.8, 4) is 0 Å². The molecule has 0 saturated heterocycles. The Hall–Kier alpha value is -2.01. The lowest BCUT2D eigenvalue weighted by atomic mass is 9.68. The lowest BCUT2D eigenvalue weighted by molar-refractivity contribution is -0.0257. The molecule has 5 heteroatoms. The first-order valence-corrected chi connectivity index (χ1v) is 10.2. The van der Waals surface area contributed by atoms with Crippen LogP contribution in [0.3, 0.4) is 0 Å². The molecule has 2 aliphatic carbocycles. The second-order valence-electron chi connectivity index (χ2n) is 8.78. The normalized spacial score (nSPS) is 26.3. The number of nitrogens with zero attached hydrogens (tertiary/aromatic N) is 1. The monoisotopic (exact) mass is 384 g/mol. The van der Waals surface area contributed by atoms with Gasteiger partial charge in [-0.05, 0) is 62.5 Å². The van der Waals surface area contributed by atoms with Gasteiger partial charge in [0, 0.05) is 23.1 Å². The molecule has 2 fully saturated rings. The van der Waals surface area contributed by atoms with E-state index in [0.717, 1.165) is 48.1 Å². The van der Waals surface area contributed by atoms with Gasteiger partial charge in [0.1, 0.15) is 0 Å². The molecule has 1 aromatic heterocycles. The van der Waals surface area contributed by atoms with Crippen LogP contribution in [0.1, 0.15) is 51.0 Å². The molecular weight excluding hydrogens is 352 g/mol. The predicted octanol–water partition coefficient (Wildman–Crippen LogP) is 4.74. The number of rotatable bonds is 5. The van der Waals surface area contributed by atoms with Crippen molar-refractivity contribution in [2.24, 2.45) is 11.8 Å². The van der Waals surface area contributed by atoms with E-state index in [1.165, 1.54) is 12.8 Å². The molecule has 5 nitrogen and oxygen atoms in total. The van der Waals surface area contributed by atoms with Crippen LogP contribution in [-0.4, -0.2) is 44.4 Å². The molecule has 1 heterocycles. The Labute approximate surface area is 167 Å². The predicted molar refractivity (Wildman–Crippen MR) is 111 cm³/mol. The Bertz CT molecular complexity index is 817. The molecule has 0 aliphatic heterocycles. The highest BCUT2D eigenvalue weighted by atomic mass is 16.4. The lowest BCUT2D eigenvalue weighted by Gasteiger charge is -2.50. The molecular formula is C23H32N2O3. The van der Waals surface area contributed by atoms with Gasteiger partial charge < -0.3 is 15.2 Å². The van der Waals surface area contributed by atoms with Crippen LogP contribution in [0.5, 0.6) is 0 Å². The van der Waals surface area contributed by atoms with Crippen LogP contribution in [0.2, 0.25) is 0 Å². The number of para-hydroxylation sites is 1. The summed E-state index contributed by atoms with van der Waals surface area (Å²) in [6, 6.07) is 8.07. The fourth-order valence-electron chi connectivity index (χ4n) is 5.60. The van der Waals surface area contributed by atoms with E-state index in [2.05, 4.69) is 11.1 Å². The third-order valence-electron chi connectivity index (χ3n) is 6.94. The van der Waals surface area contributed by atoms with Crippen molar-refractivity contribution in [1.29, 1.82) is 0 Å². The fourth-order valence-corrected chi connectivity index (χ4v) is 5.60. The molecule has 2 saturated carbocycles. The summed E-state index contributed by atoms with van der Waals surface area (Å²) in [6.07, 6.45) is 8.34. The third-order valence-corrected chi connectivity index (χ3v) is 6.94. The Morgan fingerprint density at radius 2 is 2.04 bits per heavy atom. The number of benzene rings is 1. The van der Waals surface area contributed by atoms with Gasteiger partial charge in [-0.2, -0.15) is 0 Å². The highest BCUT2D eigenvalue weighted by molar-refractivity contribution is 5.83. The molecule has 2 radical (unpaired) electrons. The van der Waals surface area contributed by atoms with Crippen molar-refractivity contribution in [1.82, 2.24) is 9.88 Å². The van der Waals surface area contributed by atoms with Crippen LogP contribution >= 0.6 is 0 Å². The molecule has 1 amide bonds. The fraction of sp³-hybridized carbons (Fsp3) is 0.565. The van der Waals surface area contributed by atoms with Gasteiger partial charge >= 0.3 is 6.09 Å². The summed E-state index contributed by atoms with van der Waals surface area (Å²) in [4.78, 5) is 17.2. The van der Waals surface area contributed by atoms with Gasteiger partial charge in [-0.1, -0.05) is 38.5 Å². The number of aromatic nitrogens is 1. The summed E-state index contributed by atoms with van der Waals surface area (Å²) in [5, 5.41) is 21.6. The van der Waals surface area contributed by atoms with Crippen LogP contribution in [0.15, 0.2) is 30.5 Å². The topological polar surface area (TPSA) is 76.6 Å². The molecule has 1 aromatic carbocycles. The van der Waals surface area contributed by atoms with Crippen molar-refractivity contribution in [2.45, 2.75) is 63.5 Å². The highest BCUT2D eigenvalue weighted by Crippen LogP contribution is 2.44. The largest absolute Gasteiger partial charge is 0.465 e. The molecule has 2 aliphatic rings. The zero-order chi connectivity index (χ0) is 19.0. The van der Waals surface area contributed by atoms with Crippen LogP contribution in [0.25, 0.3) is 10.9 Å². The van der Waals surface area contributed by atoms with Gasteiger partial charge in [-0.15, -0.1) is 0 Å². The number of fused-ring (bicyclic) bond motifs is 3. The smallest absolute Gasteiger partial charge is 0.408 e. The van der Waals surface area contributed by atoms with Crippen molar-refractivity contribution >= 4 is 17.0 Å². The van der Waals surface area contributed by atoms with E-state index < -0.39 is 11.6 Å². The van der Waals surface area contributed by atoms with Gasteiger partial charge in [-0.25, -0.2) is 4.79 Å². The maximum absolute atomic E-state index is 12.4. The Morgan fingerprint density at radius 3 is 2.79 bits per heavy atom. The molecule has 0 spiro atoms. The van der Waals surface area contributed by atoms with E-state index in [9.17, 15) is 15.0 Å². The minimum absolute atomic E-state index is 0. The number of aliphatic hydroxyl groups excluding tert-OH is 1. The molecule has 3 N–H and O–H groups in total. The van der Waals surface area contributed by atoms with E-state index >= 15 is 0 Å². The van der Waals surface area contributed by atoms with Crippen LogP contribution < -0.4 is 0 Å². The first-order chi connectivity index (χ1) is 13.0. The van der Waals surface area contributed by atoms with Gasteiger partial charge in [0.25, 0.3) is 0 Å². The number of hydrogen-bond donors (Lipinski definition) is 3. The average molecular weight is 385 g/mol. The molecule has 152 valence electrons. The zero-order valence-corrected chi connectivity index (χ0v) is 16.7. The summed E-state index contributed by atoms with van der Waals surface area (Å²) in [5.74, 6) is 1.20. The van der Waals surface area contributed by atoms with E-state index in [1.807, 2.05) is 31.3 Å². The summed E-state index contributed by atoms with van der Waals surface area (Å²) in [7, 11) is 0. The van der Waals surface area contributed by atoms with E-state index in [0.29, 0.717) is 12.3 Å². The standard InChI is InChI=1S/C22H30N2O3.CH2/c1-22(14-25,12-17-13-23-19-8-3-2-7-18(17)19)24(21(26)27)20-10-9-15-5-4-6-16(20)11-15;/h2-3,7-8,13,15-16,20,23,25H,4-6,9-12,14H2,1H3,(H,26,27);1H2. The van der Waals surface area contributed by atoms with E-state index in [1.54, 1.807) is 4.90 Å². The number of H-pyrrole nitrogens is 1. The number of aromatic amines is 1. The molecule has 2 bridgehead atoms. The first-order valence-electron chi connectivity index (χ1n) is 10.2. The summed E-state index contributed by atoms with van der Waals surface area (Å²) >= 11 is 0. The maximum Gasteiger partial charge on any atom is 0.408 e. The average Bonchev–Trinajstić information content (AvgIpc) is 3.07. The lowest BCUT2D eigenvalue weighted by Crippen LogP contribution is -2.60. The van der Waals surface area contributed by atoms with E-state index in [4.69, 9.17) is 0 Å². The SMILES string of the molecule is CC(CO)(Cc1c[nH]c2ccccc12)N(C(=O)O)C1CCC2CCCC1C2.[CH2]. The summed E-state index contributed by atoms with van der Waals surface area (Å²) < 4.78 is 0. The van der Waals surface area contributed by atoms with Crippen LogP contribution in [0, 0.1) is 19.3 Å². The number of carboxylic acid groups (broad SMARTS) is 1. The second-order valence-corrected chi connectivity index (χ2v) is 8.78. The Kier molecular flexibility index (Phi) is 6.04. The summed E-state index contributed by atoms with van der Waals surface area (Å²) in [5.41, 5.74) is 1.28. The number of amides is 1. The summed E-state index contributed by atoms with van der Waals surface area (Å²) in [6.45, 7) is 1.73. The van der Waals surface area contributed by atoms with E-state index in [-0.39, 0.29) is 20.1 Å². The van der Waals surface area contributed by atoms with Crippen molar-refractivity contribution < 1.29 is 15.0 Å². The second kappa shape index (κ2) is 8.16.